The lowest BCUT2D eigenvalue weighted by Gasteiger charge is -2.38. The van der Waals surface area contributed by atoms with E-state index in [0.717, 1.165) is 22.4 Å². The van der Waals surface area contributed by atoms with E-state index in [2.05, 4.69) is 4.98 Å². The Kier molecular flexibility index (Phi) is 7.84. The van der Waals surface area contributed by atoms with Gasteiger partial charge < -0.3 is 23.7 Å². The van der Waals surface area contributed by atoms with Crippen LogP contribution in [0.15, 0.2) is 71.3 Å². The van der Waals surface area contributed by atoms with Crippen molar-refractivity contribution in [1.82, 2.24) is 14.8 Å². The van der Waals surface area contributed by atoms with Crippen molar-refractivity contribution in [2.75, 3.05) is 32.8 Å². The Hall–Kier alpha value is -5.10. The first-order valence-corrected chi connectivity index (χ1v) is 14.4. The second-order valence-corrected chi connectivity index (χ2v) is 10.8. The number of nitrogens with zero attached hydrogens (tertiary/aromatic N) is 4. The number of carbonyl (C=O) groups is 2. The van der Waals surface area contributed by atoms with E-state index in [9.17, 15) is 9.59 Å². The third kappa shape index (κ3) is 5.82. The highest BCUT2D eigenvalue weighted by Crippen LogP contribution is 2.39. The summed E-state index contributed by atoms with van der Waals surface area (Å²) in [6.07, 6.45) is 2.72. The molecule has 43 heavy (non-hydrogen) atoms. The number of furan rings is 1. The predicted molar refractivity (Wildman–Crippen MR) is 158 cm³/mol. The van der Waals surface area contributed by atoms with Gasteiger partial charge in [0, 0.05) is 19.3 Å². The first-order valence-electron chi connectivity index (χ1n) is 14.4. The Balaban J connectivity index is 1.31. The fraction of sp³-hybridized carbons (Fsp3) is 0.294. The van der Waals surface area contributed by atoms with Gasteiger partial charge in [0.15, 0.2) is 0 Å². The van der Waals surface area contributed by atoms with Crippen molar-refractivity contribution in [2.24, 2.45) is 0 Å². The average molecular weight is 577 g/mol. The summed E-state index contributed by atoms with van der Waals surface area (Å²) in [5.74, 6) is 2.51. The van der Waals surface area contributed by atoms with Crippen molar-refractivity contribution < 1.29 is 23.5 Å². The predicted octanol–water partition coefficient (Wildman–Crippen LogP) is 5.25. The van der Waals surface area contributed by atoms with Gasteiger partial charge in [-0.2, -0.15) is 5.26 Å². The van der Waals surface area contributed by atoms with E-state index in [0.29, 0.717) is 74.1 Å². The van der Waals surface area contributed by atoms with Crippen LogP contribution in [0.5, 0.6) is 11.5 Å². The molecule has 0 radical (unpaired) electrons. The van der Waals surface area contributed by atoms with Crippen LogP contribution in [0.2, 0.25) is 0 Å². The summed E-state index contributed by atoms with van der Waals surface area (Å²) in [5, 5.41) is 9.05. The van der Waals surface area contributed by atoms with Crippen LogP contribution in [0.4, 0.5) is 0 Å². The van der Waals surface area contributed by atoms with Crippen molar-refractivity contribution >= 4 is 11.8 Å². The van der Waals surface area contributed by atoms with Gasteiger partial charge in [0.2, 0.25) is 0 Å². The normalized spacial score (nSPS) is 16.6. The highest BCUT2D eigenvalue weighted by Gasteiger charge is 2.34. The van der Waals surface area contributed by atoms with Gasteiger partial charge in [-0.25, -0.2) is 4.98 Å². The first kappa shape index (κ1) is 28.0. The van der Waals surface area contributed by atoms with Crippen LogP contribution in [-0.4, -0.2) is 59.4 Å². The number of carbonyl (C=O) groups excluding carboxylic acids is 2. The molecule has 2 aromatic carbocycles. The largest absolute Gasteiger partial charge is 0.494 e. The van der Waals surface area contributed by atoms with E-state index in [4.69, 9.17) is 19.2 Å². The van der Waals surface area contributed by atoms with Crippen LogP contribution < -0.4 is 9.47 Å². The molecule has 7 rings (SSSR count). The number of benzene rings is 2. The molecule has 1 unspecified atom stereocenters. The minimum absolute atomic E-state index is 0.0618. The molecule has 0 N–H and O–H groups in total. The van der Waals surface area contributed by atoms with Crippen LogP contribution in [-0.2, 0) is 6.42 Å². The van der Waals surface area contributed by atoms with Crippen molar-refractivity contribution in [3.8, 4) is 17.6 Å². The number of amides is 2. The van der Waals surface area contributed by atoms with Crippen LogP contribution in [0.25, 0.3) is 0 Å². The van der Waals surface area contributed by atoms with E-state index < -0.39 is 0 Å². The maximum absolute atomic E-state index is 13.9. The first-order chi connectivity index (χ1) is 20.9. The Morgan fingerprint density at radius 3 is 2.53 bits per heavy atom. The molecular weight excluding hydrogens is 544 g/mol. The third-order valence-corrected chi connectivity index (χ3v) is 7.93. The maximum atomic E-state index is 13.9. The molecule has 9 heteroatoms. The minimum atomic E-state index is -0.300. The average Bonchev–Trinajstić information content (AvgIpc) is 3.37. The molecule has 0 fully saturated rings. The molecule has 0 saturated carbocycles. The summed E-state index contributed by atoms with van der Waals surface area (Å²) in [5.41, 5.74) is 4.37. The standard InChI is InChI=1S/C34H32N4O5/c1-22-17-31(23(2)43-22)34(40)38-13-11-24-18-29-9-10-30(24)32(38)25-5-3-6-28(19-25)41-15-4-12-37(14-16-42-29)33(39)26-7-8-27(20-35)36-21-26/h3,5-10,17-19,21,32H,4,11-16H2,1-2H3. The molecule has 4 aromatic rings. The zero-order chi connectivity index (χ0) is 29.9. The topological polar surface area (TPSA) is 109 Å². The summed E-state index contributed by atoms with van der Waals surface area (Å²) in [6.45, 7) is 5.76. The number of hydrogen-bond acceptors (Lipinski definition) is 7. The van der Waals surface area contributed by atoms with Gasteiger partial charge in [-0.1, -0.05) is 18.2 Å². The monoisotopic (exact) mass is 576 g/mol. The number of rotatable bonds is 2. The SMILES string of the molecule is Cc1cc(C(=O)N2CCc3cc4ccc3C2c2cccc(c2)OCCCN(C(=O)c2ccc(C#N)nc2)CCO4)c(C)o1. The van der Waals surface area contributed by atoms with Crippen LogP contribution >= 0.6 is 0 Å². The van der Waals surface area contributed by atoms with Gasteiger partial charge in [0.05, 0.1) is 30.3 Å². The second-order valence-electron chi connectivity index (χ2n) is 10.8. The quantitative estimate of drug-likeness (QED) is 0.320. The van der Waals surface area contributed by atoms with E-state index in [-0.39, 0.29) is 23.6 Å². The molecule has 2 amide bonds. The molecule has 0 aliphatic carbocycles. The van der Waals surface area contributed by atoms with Gasteiger partial charge in [0.1, 0.15) is 41.4 Å². The van der Waals surface area contributed by atoms with Gasteiger partial charge in [0.25, 0.3) is 11.8 Å². The zero-order valence-corrected chi connectivity index (χ0v) is 24.2. The Morgan fingerprint density at radius 1 is 0.930 bits per heavy atom. The van der Waals surface area contributed by atoms with Crippen molar-refractivity contribution in [2.45, 2.75) is 32.7 Å². The number of aromatic nitrogens is 1. The van der Waals surface area contributed by atoms with Gasteiger partial charge in [-0.15, -0.1) is 0 Å². The lowest BCUT2D eigenvalue weighted by atomic mass is 9.87. The minimum Gasteiger partial charge on any atom is -0.494 e. The summed E-state index contributed by atoms with van der Waals surface area (Å²) < 4.78 is 18.0. The van der Waals surface area contributed by atoms with Crippen molar-refractivity contribution in [1.29, 1.82) is 5.26 Å². The number of hydrogen-bond donors (Lipinski definition) is 0. The van der Waals surface area contributed by atoms with Crippen molar-refractivity contribution in [3.63, 3.8) is 0 Å². The molecule has 3 aliphatic heterocycles. The molecule has 3 aliphatic rings. The summed E-state index contributed by atoms with van der Waals surface area (Å²) >= 11 is 0. The zero-order valence-electron chi connectivity index (χ0n) is 24.2. The maximum Gasteiger partial charge on any atom is 0.258 e. The molecular formula is C34H32N4O5. The summed E-state index contributed by atoms with van der Waals surface area (Å²) in [7, 11) is 0. The van der Waals surface area contributed by atoms with E-state index in [1.165, 1.54) is 6.20 Å². The third-order valence-electron chi connectivity index (χ3n) is 7.93. The molecule has 6 bridgehead atoms. The highest BCUT2D eigenvalue weighted by molar-refractivity contribution is 5.96. The summed E-state index contributed by atoms with van der Waals surface area (Å²) in [6, 6.07) is 20.5. The molecule has 0 spiro atoms. The lowest BCUT2D eigenvalue weighted by Crippen LogP contribution is -2.40. The molecule has 0 saturated heterocycles. The Morgan fingerprint density at radius 2 is 1.77 bits per heavy atom. The summed E-state index contributed by atoms with van der Waals surface area (Å²) in [4.78, 5) is 34.9. The van der Waals surface area contributed by atoms with Crippen LogP contribution in [0, 0.1) is 25.2 Å². The fourth-order valence-electron chi connectivity index (χ4n) is 5.85. The van der Waals surface area contributed by atoms with E-state index in [1.54, 1.807) is 17.0 Å². The van der Waals surface area contributed by atoms with Crippen LogP contribution in [0.1, 0.15) is 67.1 Å². The molecule has 5 heterocycles. The molecule has 1 atom stereocenters. The molecule has 9 nitrogen and oxygen atoms in total. The number of ether oxygens (including phenoxy) is 2. The van der Waals surface area contributed by atoms with Crippen molar-refractivity contribution in [3.05, 3.63) is 112 Å². The molecule has 218 valence electrons. The fourth-order valence-corrected chi connectivity index (χ4v) is 5.85. The number of aryl methyl sites for hydroxylation is 2. The van der Waals surface area contributed by atoms with E-state index in [1.807, 2.05) is 73.3 Å². The smallest absolute Gasteiger partial charge is 0.258 e. The van der Waals surface area contributed by atoms with Gasteiger partial charge in [-0.05, 0) is 85.8 Å². The van der Waals surface area contributed by atoms with Gasteiger partial charge >= 0.3 is 0 Å². The number of fused-ring (bicyclic) bond motifs is 8. The van der Waals surface area contributed by atoms with Crippen LogP contribution in [0.3, 0.4) is 0 Å². The second kappa shape index (κ2) is 12.0. The van der Waals surface area contributed by atoms with E-state index >= 15 is 0 Å². The van der Waals surface area contributed by atoms with Gasteiger partial charge in [-0.3, -0.25) is 9.59 Å². The highest BCUT2D eigenvalue weighted by atomic mass is 16.5. The Bertz CT molecular complexity index is 1700. The number of pyridine rings is 1. The number of nitriles is 1. The lowest BCUT2D eigenvalue weighted by molar-refractivity contribution is 0.0688. The molecule has 2 aromatic heterocycles. The Labute approximate surface area is 250 Å².